The molecule has 1 fully saturated rings. The van der Waals surface area contributed by atoms with E-state index in [2.05, 4.69) is 29.2 Å². The van der Waals surface area contributed by atoms with Crippen LogP contribution < -0.4 is 5.73 Å². The van der Waals surface area contributed by atoms with E-state index in [0.717, 1.165) is 31.6 Å². The van der Waals surface area contributed by atoms with Crippen LogP contribution in [-0.2, 0) is 17.9 Å². The van der Waals surface area contributed by atoms with E-state index in [1.54, 1.807) is 0 Å². The van der Waals surface area contributed by atoms with Gasteiger partial charge in [-0.15, -0.1) is 0 Å². The standard InChI is InChI=1S/C14H21N3O/c1-16-7-2-8-17(11-14(16)18)10-13-5-3-12(9-15)4-6-13/h3-6H,2,7-11,15H2,1H3. The van der Waals surface area contributed by atoms with Crippen molar-refractivity contribution in [3.8, 4) is 0 Å². The normalized spacial score (nSPS) is 17.9. The zero-order valence-corrected chi connectivity index (χ0v) is 10.9. The summed E-state index contributed by atoms with van der Waals surface area (Å²) in [5, 5.41) is 0. The maximum absolute atomic E-state index is 11.8. The third-order valence-corrected chi connectivity index (χ3v) is 3.42. The first kappa shape index (κ1) is 13.1. The summed E-state index contributed by atoms with van der Waals surface area (Å²) in [7, 11) is 1.88. The number of amides is 1. The van der Waals surface area contributed by atoms with E-state index in [4.69, 9.17) is 5.73 Å². The topological polar surface area (TPSA) is 49.6 Å². The molecule has 1 aromatic carbocycles. The van der Waals surface area contributed by atoms with Crippen LogP contribution in [0.15, 0.2) is 24.3 Å². The molecule has 1 aromatic rings. The molecule has 1 aliphatic heterocycles. The van der Waals surface area contributed by atoms with Gasteiger partial charge in [0.2, 0.25) is 5.91 Å². The first-order valence-corrected chi connectivity index (χ1v) is 6.43. The Kier molecular flexibility index (Phi) is 4.33. The second-order valence-electron chi connectivity index (χ2n) is 4.90. The van der Waals surface area contributed by atoms with Crippen molar-refractivity contribution < 1.29 is 4.79 Å². The second-order valence-corrected chi connectivity index (χ2v) is 4.90. The molecule has 4 heteroatoms. The highest BCUT2D eigenvalue weighted by Crippen LogP contribution is 2.10. The molecular formula is C14H21N3O. The minimum atomic E-state index is 0.214. The number of hydrogen-bond donors (Lipinski definition) is 1. The predicted molar refractivity (Wildman–Crippen MR) is 71.9 cm³/mol. The average Bonchev–Trinajstić information content (AvgIpc) is 2.53. The molecular weight excluding hydrogens is 226 g/mol. The Labute approximate surface area is 108 Å². The molecule has 0 atom stereocenters. The molecule has 0 spiro atoms. The Hall–Kier alpha value is -1.39. The summed E-state index contributed by atoms with van der Waals surface area (Å²) in [5.41, 5.74) is 7.96. The smallest absolute Gasteiger partial charge is 0.236 e. The zero-order chi connectivity index (χ0) is 13.0. The van der Waals surface area contributed by atoms with Crippen LogP contribution in [0.25, 0.3) is 0 Å². The molecule has 1 heterocycles. The highest BCUT2D eigenvalue weighted by molar-refractivity contribution is 5.78. The van der Waals surface area contributed by atoms with Gasteiger partial charge in [-0.25, -0.2) is 0 Å². The molecule has 18 heavy (non-hydrogen) atoms. The van der Waals surface area contributed by atoms with Crippen LogP contribution in [-0.4, -0.2) is 42.4 Å². The van der Waals surface area contributed by atoms with Crippen molar-refractivity contribution in [1.29, 1.82) is 0 Å². The quantitative estimate of drug-likeness (QED) is 0.860. The number of benzene rings is 1. The maximum atomic E-state index is 11.8. The van der Waals surface area contributed by atoms with Crippen LogP contribution in [0.3, 0.4) is 0 Å². The summed E-state index contributed by atoms with van der Waals surface area (Å²) in [4.78, 5) is 15.8. The van der Waals surface area contributed by atoms with Crippen molar-refractivity contribution in [3.63, 3.8) is 0 Å². The summed E-state index contributed by atoms with van der Waals surface area (Å²) in [6.07, 6.45) is 1.04. The number of carbonyl (C=O) groups is 1. The van der Waals surface area contributed by atoms with Gasteiger partial charge in [-0.3, -0.25) is 9.69 Å². The summed E-state index contributed by atoms with van der Waals surface area (Å²) in [6, 6.07) is 8.31. The Balaban J connectivity index is 1.97. The van der Waals surface area contributed by atoms with Gasteiger partial charge in [0.1, 0.15) is 0 Å². The molecule has 1 aliphatic rings. The molecule has 1 saturated heterocycles. The third kappa shape index (κ3) is 3.31. The van der Waals surface area contributed by atoms with Crippen molar-refractivity contribution in [2.75, 3.05) is 26.7 Å². The van der Waals surface area contributed by atoms with Crippen LogP contribution in [0.2, 0.25) is 0 Å². The fourth-order valence-corrected chi connectivity index (χ4v) is 2.22. The Bertz CT molecular complexity index is 402. The van der Waals surface area contributed by atoms with Crippen molar-refractivity contribution in [1.82, 2.24) is 9.80 Å². The minimum absolute atomic E-state index is 0.214. The summed E-state index contributed by atoms with van der Waals surface area (Å²) in [6.45, 7) is 3.78. The second kappa shape index (κ2) is 5.98. The van der Waals surface area contributed by atoms with Crippen LogP contribution >= 0.6 is 0 Å². The molecule has 2 N–H and O–H groups in total. The fourth-order valence-electron chi connectivity index (χ4n) is 2.22. The molecule has 2 rings (SSSR count). The lowest BCUT2D eigenvalue weighted by Gasteiger charge is -2.19. The molecule has 0 aliphatic carbocycles. The number of likely N-dealkylation sites (N-methyl/N-ethyl adjacent to an activating group) is 1. The molecule has 4 nitrogen and oxygen atoms in total. The van der Waals surface area contributed by atoms with Crippen molar-refractivity contribution in [2.45, 2.75) is 19.5 Å². The van der Waals surface area contributed by atoms with Crippen molar-refractivity contribution >= 4 is 5.91 Å². The fraction of sp³-hybridized carbons (Fsp3) is 0.500. The highest BCUT2D eigenvalue weighted by atomic mass is 16.2. The molecule has 0 radical (unpaired) electrons. The molecule has 1 amide bonds. The monoisotopic (exact) mass is 247 g/mol. The number of nitrogens with zero attached hydrogens (tertiary/aromatic N) is 2. The number of nitrogens with two attached hydrogens (primary N) is 1. The van der Waals surface area contributed by atoms with Gasteiger partial charge in [0.25, 0.3) is 0 Å². The SMILES string of the molecule is CN1CCCN(Cc2ccc(CN)cc2)CC1=O. The largest absolute Gasteiger partial charge is 0.345 e. The first-order valence-electron chi connectivity index (χ1n) is 6.43. The number of hydrogen-bond acceptors (Lipinski definition) is 3. The van der Waals surface area contributed by atoms with Crippen LogP contribution in [0.5, 0.6) is 0 Å². The third-order valence-electron chi connectivity index (χ3n) is 3.42. The van der Waals surface area contributed by atoms with Crippen LogP contribution in [0.1, 0.15) is 17.5 Å². The Morgan fingerprint density at radius 3 is 2.50 bits per heavy atom. The van der Waals surface area contributed by atoms with Gasteiger partial charge in [-0.1, -0.05) is 24.3 Å². The zero-order valence-electron chi connectivity index (χ0n) is 10.9. The van der Waals surface area contributed by atoms with Crippen molar-refractivity contribution in [3.05, 3.63) is 35.4 Å². The summed E-state index contributed by atoms with van der Waals surface area (Å²) >= 11 is 0. The van der Waals surface area contributed by atoms with E-state index >= 15 is 0 Å². The molecule has 0 unspecified atom stereocenters. The van der Waals surface area contributed by atoms with E-state index in [-0.39, 0.29) is 5.91 Å². The van der Waals surface area contributed by atoms with Gasteiger partial charge in [-0.2, -0.15) is 0 Å². The predicted octanol–water partition coefficient (Wildman–Crippen LogP) is 0.809. The number of rotatable bonds is 3. The molecule has 0 aromatic heterocycles. The molecule has 0 bridgehead atoms. The van der Waals surface area contributed by atoms with E-state index in [1.807, 2.05) is 11.9 Å². The van der Waals surface area contributed by atoms with Gasteiger partial charge < -0.3 is 10.6 Å². The molecule has 98 valence electrons. The Morgan fingerprint density at radius 1 is 1.17 bits per heavy atom. The average molecular weight is 247 g/mol. The minimum Gasteiger partial charge on any atom is -0.345 e. The van der Waals surface area contributed by atoms with E-state index in [1.165, 1.54) is 5.56 Å². The lowest BCUT2D eigenvalue weighted by molar-refractivity contribution is -0.129. The van der Waals surface area contributed by atoms with Gasteiger partial charge in [0, 0.05) is 33.2 Å². The molecule has 0 saturated carbocycles. The van der Waals surface area contributed by atoms with Crippen LogP contribution in [0.4, 0.5) is 0 Å². The number of carbonyl (C=O) groups excluding carboxylic acids is 1. The van der Waals surface area contributed by atoms with Gasteiger partial charge >= 0.3 is 0 Å². The Morgan fingerprint density at radius 2 is 1.83 bits per heavy atom. The summed E-state index contributed by atoms with van der Waals surface area (Å²) in [5.74, 6) is 0.214. The van der Waals surface area contributed by atoms with E-state index < -0.39 is 0 Å². The highest BCUT2D eigenvalue weighted by Gasteiger charge is 2.18. The van der Waals surface area contributed by atoms with Gasteiger partial charge in [0.15, 0.2) is 0 Å². The first-order chi connectivity index (χ1) is 8.69. The van der Waals surface area contributed by atoms with Gasteiger partial charge in [0.05, 0.1) is 6.54 Å². The van der Waals surface area contributed by atoms with E-state index in [9.17, 15) is 4.79 Å². The summed E-state index contributed by atoms with van der Waals surface area (Å²) < 4.78 is 0. The van der Waals surface area contributed by atoms with E-state index in [0.29, 0.717) is 13.1 Å². The van der Waals surface area contributed by atoms with Crippen molar-refractivity contribution in [2.24, 2.45) is 5.73 Å². The maximum Gasteiger partial charge on any atom is 0.236 e. The lowest BCUT2D eigenvalue weighted by Crippen LogP contribution is -2.34. The van der Waals surface area contributed by atoms with Gasteiger partial charge in [-0.05, 0) is 17.5 Å². The lowest BCUT2D eigenvalue weighted by atomic mass is 10.1. The van der Waals surface area contributed by atoms with Crippen LogP contribution in [0, 0.1) is 0 Å².